The molecule has 0 saturated carbocycles. The van der Waals surface area contributed by atoms with Gasteiger partial charge in [0.15, 0.2) is 5.75 Å². The third-order valence-corrected chi connectivity index (χ3v) is 7.31. The summed E-state index contributed by atoms with van der Waals surface area (Å²) >= 11 is 0. The number of esters is 1. The van der Waals surface area contributed by atoms with Gasteiger partial charge in [-0.1, -0.05) is 24.3 Å². The van der Waals surface area contributed by atoms with Gasteiger partial charge in [-0.25, -0.2) is 4.98 Å². The first-order chi connectivity index (χ1) is 17.8. The Morgan fingerprint density at radius 3 is 2.41 bits per heavy atom. The van der Waals surface area contributed by atoms with Gasteiger partial charge in [-0.3, -0.25) is 14.6 Å². The highest BCUT2D eigenvalue weighted by Crippen LogP contribution is 2.32. The molecule has 2 fully saturated rings. The van der Waals surface area contributed by atoms with Crippen molar-refractivity contribution in [3.63, 3.8) is 0 Å². The summed E-state index contributed by atoms with van der Waals surface area (Å²) < 4.78 is 44.6. The number of aromatic nitrogens is 1. The van der Waals surface area contributed by atoms with E-state index in [1.165, 1.54) is 19.1 Å². The number of carbonyl (C=O) groups excluding carboxylic acids is 1. The van der Waals surface area contributed by atoms with Crippen LogP contribution in [0.4, 0.5) is 18.9 Å². The van der Waals surface area contributed by atoms with E-state index in [0.717, 1.165) is 75.8 Å². The van der Waals surface area contributed by atoms with E-state index in [1.807, 2.05) is 24.3 Å². The molecule has 5 rings (SSSR count). The molecule has 2 aromatic carbocycles. The molecule has 1 aromatic heterocycles. The molecule has 3 heterocycles. The SMILES string of the molecule is CC(=O)Oc1cccc2ccc(CN3CCC(N4CCN(c5cccc(C(F)(F)F)c5)CC4)CC3)nc12. The van der Waals surface area contributed by atoms with Crippen molar-refractivity contribution in [1.29, 1.82) is 0 Å². The number of halogens is 3. The van der Waals surface area contributed by atoms with E-state index in [1.54, 1.807) is 12.1 Å². The van der Waals surface area contributed by atoms with Gasteiger partial charge in [-0.2, -0.15) is 13.2 Å². The molecule has 9 heteroatoms. The summed E-state index contributed by atoms with van der Waals surface area (Å²) in [6.45, 7) is 7.21. The lowest BCUT2D eigenvalue weighted by molar-refractivity contribution is -0.137. The molecule has 2 aliphatic heterocycles. The summed E-state index contributed by atoms with van der Waals surface area (Å²) in [6.07, 6.45) is -2.22. The second-order valence-corrected chi connectivity index (χ2v) is 9.80. The van der Waals surface area contributed by atoms with Crippen LogP contribution in [0.25, 0.3) is 10.9 Å². The first-order valence-corrected chi connectivity index (χ1v) is 12.7. The van der Waals surface area contributed by atoms with E-state index >= 15 is 0 Å². The van der Waals surface area contributed by atoms with Crippen LogP contribution >= 0.6 is 0 Å². The predicted octanol–water partition coefficient (Wildman–Crippen LogP) is 4.97. The Kier molecular flexibility index (Phi) is 7.35. The zero-order chi connectivity index (χ0) is 26.0. The lowest BCUT2D eigenvalue weighted by atomic mass is 10.0. The fourth-order valence-corrected chi connectivity index (χ4v) is 5.38. The fraction of sp³-hybridized carbons (Fsp3) is 0.429. The minimum Gasteiger partial charge on any atom is -0.424 e. The van der Waals surface area contributed by atoms with E-state index in [0.29, 0.717) is 23.0 Å². The number of ether oxygens (including phenoxy) is 1. The molecule has 2 aliphatic rings. The van der Waals surface area contributed by atoms with Crippen LogP contribution in [0.5, 0.6) is 5.75 Å². The second-order valence-electron chi connectivity index (χ2n) is 9.80. The van der Waals surface area contributed by atoms with Crippen LogP contribution in [0.3, 0.4) is 0 Å². The van der Waals surface area contributed by atoms with Crippen LogP contribution in [0.1, 0.15) is 31.0 Å². The monoisotopic (exact) mass is 512 g/mol. The summed E-state index contributed by atoms with van der Waals surface area (Å²) in [7, 11) is 0. The van der Waals surface area contributed by atoms with Gasteiger partial charge in [-0.15, -0.1) is 0 Å². The molecule has 0 spiro atoms. The van der Waals surface area contributed by atoms with Crippen LogP contribution in [0.15, 0.2) is 54.6 Å². The van der Waals surface area contributed by atoms with Gasteiger partial charge in [0.2, 0.25) is 0 Å². The molecule has 0 aliphatic carbocycles. The third kappa shape index (κ3) is 6.05. The number of piperidine rings is 1. The smallest absolute Gasteiger partial charge is 0.416 e. The Morgan fingerprint density at radius 1 is 0.973 bits per heavy atom. The van der Waals surface area contributed by atoms with Crippen molar-refractivity contribution in [2.45, 2.75) is 38.5 Å². The number of fused-ring (bicyclic) bond motifs is 1. The van der Waals surface area contributed by atoms with E-state index in [9.17, 15) is 18.0 Å². The van der Waals surface area contributed by atoms with Crippen LogP contribution < -0.4 is 9.64 Å². The first kappa shape index (κ1) is 25.5. The Morgan fingerprint density at radius 2 is 1.70 bits per heavy atom. The van der Waals surface area contributed by atoms with Crippen LogP contribution in [0, 0.1) is 0 Å². The van der Waals surface area contributed by atoms with Crippen LogP contribution in [-0.2, 0) is 17.5 Å². The highest BCUT2D eigenvalue weighted by atomic mass is 19.4. The van der Waals surface area contributed by atoms with Gasteiger partial charge in [0.05, 0.1) is 11.3 Å². The molecule has 0 unspecified atom stereocenters. The van der Waals surface area contributed by atoms with Gasteiger partial charge in [0.1, 0.15) is 5.52 Å². The summed E-state index contributed by atoms with van der Waals surface area (Å²) in [5, 5.41) is 0.936. The highest BCUT2D eigenvalue weighted by Gasteiger charge is 2.32. The topological polar surface area (TPSA) is 48.9 Å². The zero-order valence-corrected chi connectivity index (χ0v) is 20.9. The number of pyridine rings is 1. The largest absolute Gasteiger partial charge is 0.424 e. The zero-order valence-electron chi connectivity index (χ0n) is 20.9. The van der Waals surface area contributed by atoms with Crippen LogP contribution in [-0.4, -0.2) is 66.1 Å². The van der Waals surface area contributed by atoms with Gasteiger partial charge in [0, 0.05) is 69.9 Å². The molecule has 0 amide bonds. The lowest BCUT2D eigenvalue weighted by Crippen LogP contribution is -2.53. The molecular formula is C28H31F3N4O2. The minimum absolute atomic E-state index is 0.363. The number of alkyl halides is 3. The molecule has 6 nitrogen and oxygen atoms in total. The molecule has 3 aromatic rings. The Balaban J connectivity index is 1.14. The molecular weight excluding hydrogens is 481 g/mol. The number of hydrogen-bond acceptors (Lipinski definition) is 6. The van der Waals surface area contributed by atoms with Crippen LogP contribution in [0.2, 0.25) is 0 Å². The lowest BCUT2D eigenvalue weighted by Gasteiger charge is -2.43. The Hall–Kier alpha value is -3.17. The average Bonchev–Trinajstić information content (AvgIpc) is 2.89. The Bertz CT molecular complexity index is 1250. The summed E-state index contributed by atoms with van der Waals surface area (Å²) in [5.41, 5.74) is 1.69. The van der Waals surface area contributed by atoms with Crippen molar-refractivity contribution in [2.24, 2.45) is 0 Å². The maximum atomic E-state index is 13.1. The third-order valence-electron chi connectivity index (χ3n) is 7.31. The normalized spacial score (nSPS) is 18.3. The number of rotatable bonds is 5. The summed E-state index contributed by atoms with van der Waals surface area (Å²) in [4.78, 5) is 23.2. The van der Waals surface area contributed by atoms with Gasteiger partial charge in [-0.05, 0) is 43.2 Å². The second kappa shape index (κ2) is 10.7. The first-order valence-electron chi connectivity index (χ1n) is 12.7. The number of anilines is 1. The van der Waals surface area contributed by atoms with Crippen molar-refractivity contribution >= 4 is 22.6 Å². The van der Waals surface area contributed by atoms with E-state index in [-0.39, 0.29) is 5.97 Å². The highest BCUT2D eigenvalue weighted by molar-refractivity contribution is 5.86. The minimum atomic E-state index is -4.32. The van der Waals surface area contributed by atoms with Gasteiger partial charge in [0.25, 0.3) is 0 Å². The number of piperazine rings is 1. The van der Waals surface area contributed by atoms with Gasteiger partial charge < -0.3 is 9.64 Å². The molecule has 0 radical (unpaired) electrons. The molecule has 2 saturated heterocycles. The quantitative estimate of drug-likeness (QED) is 0.356. The standard InChI is InChI=1S/C28H31F3N4O2/c1-20(36)37-26-7-2-4-21-8-9-23(32-27(21)26)19-33-12-10-24(11-13-33)34-14-16-35(17-15-34)25-6-3-5-22(18-25)28(29,30)31/h2-9,18,24H,10-17,19H2,1H3. The average molecular weight is 513 g/mol. The number of benzene rings is 2. The number of nitrogens with zero attached hydrogens (tertiary/aromatic N) is 4. The van der Waals surface area contributed by atoms with Crippen molar-refractivity contribution < 1.29 is 22.7 Å². The molecule has 0 bridgehead atoms. The number of hydrogen-bond donors (Lipinski definition) is 0. The molecule has 0 atom stereocenters. The summed E-state index contributed by atoms with van der Waals surface area (Å²) in [6, 6.07) is 15.7. The van der Waals surface area contributed by atoms with Crippen molar-refractivity contribution in [3.05, 3.63) is 65.9 Å². The van der Waals surface area contributed by atoms with Crippen molar-refractivity contribution in [2.75, 3.05) is 44.2 Å². The maximum absolute atomic E-state index is 13.1. The number of carbonyl (C=O) groups is 1. The summed E-state index contributed by atoms with van der Waals surface area (Å²) in [5.74, 6) is 0.118. The maximum Gasteiger partial charge on any atom is 0.416 e. The van der Waals surface area contributed by atoms with E-state index < -0.39 is 11.7 Å². The number of para-hydroxylation sites is 1. The Labute approximate surface area is 214 Å². The fourth-order valence-electron chi connectivity index (χ4n) is 5.38. The van der Waals surface area contributed by atoms with Crippen molar-refractivity contribution in [1.82, 2.24) is 14.8 Å². The molecule has 196 valence electrons. The van der Waals surface area contributed by atoms with E-state index in [4.69, 9.17) is 9.72 Å². The van der Waals surface area contributed by atoms with E-state index in [2.05, 4.69) is 14.7 Å². The number of likely N-dealkylation sites (tertiary alicyclic amines) is 1. The predicted molar refractivity (Wildman–Crippen MR) is 137 cm³/mol. The molecule has 0 N–H and O–H groups in total. The molecule has 37 heavy (non-hydrogen) atoms. The van der Waals surface area contributed by atoms with Gasteiger partial charge >= 0.3 is 12.1 Å². The van der Waals surface area contributed by atoms with Crippen molar-refractivity contribution in [3.8, 4) is 5.75 Å².